The van der Waals surface area contributed by atoms with Gasteiger partial charge in [-0.25, -0.2) is 0 Å². The molecule has 0 bridgehead atoms. The third-order valence-corrected chi connectivity index (χ3v) is 5.41. The van der Waals surface area contributed by atoms with Gasteiger partial charge in [0.2, 0.25) is 0 Å². The van der Waals surface area contributed by atoms with Crippen LogP contribution in [0.2, 0.25) is 0 Å². The lowest BCUT2D eigenvalue weighted by Crippen LogP contribution is -2.43. The number of halogens is 3. The van der Waals surface area contributed by atoms with E-state index in [9.17, 15) is 18.0 Å². The standard InChI is InChI=1S/C22H26F3N3O/c1-15-4-6-18(12-16(15)2)21(29)26-20-7-5-17(13-19(20)22(23,24)25)14-28-10-8-27(3)9-11-28/h4-7,12-13H,8-11,14H2,1-3H3,(H,26,29). The number of rotatable bonds is 4. The maximum Gasteiger partial charge on any atom is 0.418 e. The highest BCUT2D eigenvalue weighted by Crippen LogP contribution is 2.36. The molecule has 1 saturated heterocycles. The van der Waals surface area contributed by atoms with Crippen LogP contribution in [0.25, 0.3) is 0 Å². The van der Waals surface area contributed by atoms with Gasteiger partial charge in [-0.15, -0.1) is 0 Å². The van der Waals surface area contributed by atoms with E-state index in [0.717, 1.165) is 43.4 Å². The zero-order chi connectivity index (χ0) is 21.2. The van der Waals surface area contributed by atoms with E-state index in [2.05, 4.69) is 15.1 Å². The summed E-state index contributed by atoms with van der Waals surface area (Å²) in [7, 11) is 2.03. The van der Waals surface area contributed by atoms with Gasteiger partial charge < -0.3 is 10.2 Å². The van der Waals surface area contributed by atoms with E-state index in [-0.39, 0.29) is 5.69 Å². The minimum Gasteiger partial charge on any atom is -0.321 e. The van der Waals surface area contributed by atoms with Gasteiger partial charge in [-0.1, -0.05) is 12.1 Å². The minimum atomic E-state index is -4.55. The quantitative estimate of drug-likeness (QED) is 0.823. The van der Waals surface area contributed by atoms with Crippen LogP contribution in [0.1, 0.15) is 32.6 Å². The zero-order valence-electron chi connectivity index (χ0n) is 16.9. The Morgan fingerprint density at radius 2 is 1.69 bits per heavy atom. The summed E-state index contributed by atoms with van der Waals surface area (Å²) in [5.41, 5.74) is 1.82. The highest BCUT2D eigenvalue weighted by molar-refractivity contribution is 6.04. The van der Waals surface area contributed by atoms with Crippen LogP contribution in [0.5, 0.6) is 0 Å². The molecule has 1 N–H and O–H groups in total. The monoisotopic (exact) mass is 405 g/mol. The molecule has 0 unspecified atom stereocenters. The third kappa shape index (κ3) is 5.36. The van der Waals surface area contributed by atoms with Crippen molar-refractivity contribution in [2.75, 3.05) is 38.5 Å². The molecule has 29 heavy (non-hydrogen) atoms. The number of amides is 1. The van der Waals surface area contributed by atoms with E-state index in [1.54, 1.807) is 24.3 Å². The number of nitrogens with zero attached hydrogens (tertiary/aromatic N) is 2. The normalized spacial score (nSPS) is 16.1. The molecule has 7 heteroatoms. The Hall–Kier alpha value is -2.38. The van der Waals surface area contributed by atoms with Crippen molar-refractivity contribution in [3.8, 4) is 0 Å². The van der Waals surface area contributed by atoms with Gasteiger partial charge >= 0.3 is 6.18 Å². The Bertz CT molecular complexity index is 887. The van der Waals surface area contributed by atoms with Gasteiger partial charge in [0.1, 0.15) is 0 Å². The lowest BCUT2D eigenvalue weighted by atomic mass is 10.0. The Morgan fingerprint density at radius 3 is 2.31 bits per heavy atom. The fourth-order valence-electron chi connectivity index (χ4n) is 3.37. The van der Waals surface area contributed by atoms with Gasteiger partial charge in [0.05, 0.1) is 11.3 Å². The van der Waals surface area contributed by atoms with Crippen molar-refractivity contribution in [2.45, 2.75) is 26.6 Å². The molecule has 0 atom stereocenters. The highest BCUT2D eigenvalue weighted by Gasteiger charge is 2.34. The van der Waals surface area contributed by atoms with Crippen molar-refractivity contribution < 1.29 is 18.0 Å². The molecule has 0 saturated carbocycles. The summed E-state index contributed by atoms with van der Waals surface area (Å²) in [5, 5.41) is 2.44. The van der Waals surface area contributed by atoms with Crippen molar-refractivity contribution in [3.05, 3.63) is 64.2 Å². The lowest BCUT2D eigenvalue weighted by Gasteiger charge is -2.32. The average Bonchev–Trinajstić information content (AvgIpc) is 2.66. The number of piperazine rings is 1. The first kappa shape index (κ1) is 21.3. The van der Waals surface area contributed by atoms with Crippen LogP contribution >= 0.6 is 0 Å². The summed E-state index contributed by atoms with van der Waals surface area (Å²) in [6, 6.07) is 9.24. The van der Waals surface area contributed by atoms with E-state index >= 15 is 0 Å². The molecule has 3 rings (SSSR count). The zero-order valence-corrected chi connectivity index (χ0v) is 16.9. The fraction of sp³-hybridized carbons (Fsp3) is 0.409. The topological polar surface area (TPSA) is 35.6 Å². The molecular formula is C22H26F3N3O. The Kier molecular flexibility index (Phi) is 6.29. The molecule has 4 nitrogen and oxygen atoms in total. The van der Waals surface area contributed by atoms with Crippen molar-refractivity contribution in [2.24, 2.45) is 0 Å². The first-order valence-corrected chi connectivity index (χ1v) is 9.63. The summed E-state index contributed by atoms with van der Waals surface area (Å²) in [6.07, 6.45) is -4.55. The van der Waals surface area contributed by atoms with Crippen LogP contribution in [0.3, 0.4) is 0 Å². The summed E-state index contributed by atoms with van der Waals surface area (Å²) < 4.78 is 41.0. The van der Waals surface area contributed by atoms with E-state index < -0.39 is 17.6 Å². The predicted octanol–water partition coefficient (Wildman–Crippen LogP) is 4.32. The SMILES string of the molecule is Cc1ccc(C(=O)Nc2ccc(CN3CCN(C)CC3)cc2C(F)(F)F)cc1C. The van der Waals surface area contributed by atoms with Gasteiger partial charge in [-0.05, 0) is 61.9 Å². The number of hydrogen-bond donors (Lipinski definition) is 1. The van der Waals surface area contributed by atoms with Crippen molar-refractivity contribution in [3.63, 3.8) is 0 Å². The third-order valence-electron chi connectivity index (χ3n) is 5.41. The molecule has 0 spiro atoms. The number of carbonyl (C=O) groups excluding carboxylic acids is 1. The van der Waals surface area contributed by atoms with Gasteiger partial charge in [-0.3, -0.25) is 9.69 Å². The summed E-state index contributed by atoms with van der Waals surface area (Å²) in [4.78, 5) is 16.8. The molecule has 2 aromatic carbocycles. The molecule has 1 aliphatic heterocycles. The van der Waals surface area contributed by atoms with Crippen LogP contribution in [0, 0.1) is 13.8 Å². The van der Waals surface area contributed by atoms with Crippen LogP contribution in [0.15, 0.2) is 36.4 Å². The second-order valence-corrected chi connectivity index (χ2v) is 7.71. The second kappa shape index (κ2) is 8.55. The van der Waals surface area contributed by atoms with Crippen molar-refractivity contribution >= 4 is 11.6 Å². The molecular weight excluding hydrogens is 379 g/mol. The molecule has 0 aliphatic carbocycles. The molecule has 1 amide bonds. The number of nitrogens with one attached hydrogen (secondary N) is 1. The average molecular weight is 405 g/mol. The molecule has 2 aromatic rings. The predicted molar refractivity (Wildman–Crippen MR) is 108 cm³/mol. The summed E-state index contributed by atoms with van der Waals surface area (Å²) in [6.45, 7) is 7.68. The number of aryl methyl sites for hydroxylation is 2. The fourth-order valence-corrected chi connectivity index (χ4v) is 3.37. The number of alkyl halides is 3. The smallest absolute Gasteiger partial charge is 0.321 e. The largest absolute Gasteiger partial charge is 0.418 e. The lowest BCUT2D eigenvalue weighted by molar-refractivity contribution is -0.137. The number of carbonyl (C=O) groups is 1. The van der Waals surface area contributed by atoms with Gasteiger partial charge in [0.25, 0.3) is 5.91 Å². The van der Waals surface area contributed by atoms with Crippen molar-refractivity contribution in [1.29, 1.82) is 0 Å². The Morgan fingerprint density at radius 1 is 1.00 bits per heavy atom. The molecule has 1 heterocycles. The molecule has 1 fully saturated rings. The van der Waals surface area contributed by atoms with Gasteiger partial charge in [0.15, 0.2) is 0 Å². The number of likely N-dealkylation sites (N-methyl/N-ethyl adjacent to an activating group) is 1. The van der Waals surface area contributed by atoms with Crippen LogP contribution < -0.4 is 5.32 Å². The van der Waals surface area contributed by atoms with Crippen LogP contribution in [-0.2, 0) is 12.7 Å². The first-order chi connectivity index (χ1) is 13.6. The molecule has 1 aliphatic rings. The Labute approximate surface area is 169 Å². The highest BCUT2D eigenvalue weighted by atomic mass is 19.4. The maximum absolute atomic E-state index is 13.7. The van der Waals surface area contributed by atoms with E-state index in [1.807, 2.05) is 20.9 Å². The second-order valence-electron chi connectivity index (χ2n) is 7.71. The molecule has 0 radical (unpaired) electrons. The van der Waals surface area contributed by atoms with Gasteiger partial charge in [-0.2, -0.15) is 13.2 Å². The number of hydrogen-bond acceptors (Lipinski definition) is 3. The molecule has 156 valence electrons. The van der Waals surface area contributed by atoms with Gasteiger partial charge in [0, 0.05) is 38.3 Å². The van der Waals surface area contributed by atoms with E-state index in [0.29, 0.717) is 17.7 Å². The number of benzene rings is 2. The maximum atomic E-state index is 13.7. The van der Waals surface area contributed by atoms with Crippen molar-refractivity contribution in [1.82, 2.24) is 9.80 Å². The number of anilines is 1. The minimum absolute atomic E-state index is 0.220. The van der Waals surface area contributed by atoms with Crippen LogP contribution in [-0.4, -0.2) is 48.9 Å². The summed E-state index contributed by atoms with van der Waals surface area (Å²) >= 11 is 0. The van der Waals surface area contributed by atoms with Crippen LogP contribution in [0.4, 0.5) is 18.9 Å². The Balaban J connectivity index is 1.80. The molecule has 0 aromatic heterocycles. The van der Waals surface area contributed by atoms with E-state index in [4.69, 9.17) is 0 Å². The van der Waals surface area contributed by atoms with E-state index in [1.165, 1.54) is 6.07 Å². The summed E-state index contributed by atoms with van der Waals surface area (Å²) in [5.74, 6) is -0.551. The first-order valence-electron chi connectivity index (χ1n) is 9.63.